The molecule has 2 N–H and O–H groups in total. The summed E-state index contributed by atoms with van der Waals surface area (Å²) in [6.07, 6.45) is 11.9. The summed E-state index contributed by atoms with van der Waals surface area (Å²) in [7, 11) is 0. The van der Waals surface area contributed by atoms with E-state index in [0.717, 1.165) is 56.7 Å². The van der Waals surface area contributed by atoms with Crippen molar-refractivity contribution in [2.24, 2.45) is 51.2 Å². The van der Waals surface area contributed by atoms with Crippen LogP contribution < -0.4 is 5.32 Å². The monoisotopic (exact) mass is 560 g/mol. The number of amides is 1. The Hall–Kier alpha value is -1.95. The molecular weight excluding hydrogens is 508 g/mol. The molecule has 0 unspecified atom stereocenters. The maximum Gasteiger partial charge on any atom is 0.234 e. The first kappa shape index (κ1) is 27.9. The van der Waals surface area contributed by atoms with Gasteiger partial charge in [0, 0.05) is 32.1 Å². The molecule has 10 atom stereocenters. The smallest absolute Gasteiger partial charge is 0.234 e. The molecule has 0 bridgehead atoms. The van der Waals surface area contributed by atoms with E-state index in [1.165, 1.54) is 31.3 Å². The van der Waals surface area contributed by atoms with E-state index in [-0.39, 0.29) is 34.0 Å². The van der Waals surface area contributed by atoms with Gasteiger partial charge in [0.15, 0.2) is 5.78 Å². The number of piperazine rings is 1. The molecule has 6 aliphatic rings. The van der Waals surface area contributed by atoms with Crippen LogP contribution in [0.4, 0.5) is 0 Å². The number of hydrogen-bond donors (Lipinski definition) is 2. The van der Waals surface area contributed by atoms with Gasteiger partial charge >= 0.3 is 0 Å². The van der Waals surface area contributed by atoms with Crippen molar-refractivity contribution in [3.05, 3.63) is 29.1 Å². The van der Waals surface area contributed by atoms with Crippen molar-refractivity contribution in [1.82, 2.24) is 20.4 Å². The normalized spacial score (nSPS) is 49.1. The third kappa shape index (κ3) is 3.37. The Kier molecular flexibility index (Phi) is 5.98. The molecule has 1 aromatic rings. The van der Waals surface area contributed by atoms with E-state index in [1.807, 2.05) is 6.20 Å². The van der Waals surface area contributed by atoms with E-state index in [9.17, 15) is 9.59 Å². The van der Waals surface area contributed by atoms with Crippen molar-refractivity contribution in [1.29, 1.82) is 0 Å². The second kappa shape index (κ2) is 8.80. The molecule has 1 amide bonds. The number of aromatic amines is 1. The Morgan fingerprint density at radius 1 is 1.00 bits per heavy atom. The minimum Gasteiger partial charge on any atom is -0.339 e. The summed E-state index contributed by atoms with van der Waals surface area (Å²) >= 11 is 0. The van der Waals surface area contributed by atoms with Gasteiger partial charge < -0.3 is 10.2 Å². The first-order valence-electron chi connectivity index (χ1n) is 16.6. The predicted octanol–water partition coefficient (Wildman–Crippen LogP) is 5.69. The summed E-state index contributed by atoms with van der Waals surface area (Å²) in [4.78, 5) is 31.4. The first-order valence-corrected chi connectivity index (χ1v) is 16.6. The number of carbonyl (C=O) groups is 2. The Balaban J connectivity index is 1.36. The van der Waals surface area contributed by atoms with Gasteiger partial charge in [-0.25, -0.2) is 0 Å². The number of H-pyrrole nitrogens is 1. The number of allylic oxidation sites excluding steroid dienone is 2. The fourth-order valence-corrected chi connectivity index (χ4v) is 12.2. The van der Waals surface area contributed by atoms with Crippen LogP contribution in [-0.4, -0.2) is 53.0 Å². The minimum atomic E-state index is -0.707. The van der Waals surface area contributed by atoms with E-state index in [4.69, 9.17) is 0 Å². The van der Waals surface area contributed by atoms with Gasteiger partial charge in [0.25, 0.3) is 0 Å². The van der Waals surface area contributed by atoms with Crippen LogP contribution >= 0.6 is 0 Å². The second-order valence-corrected chi connectivity index (χ2v) is 16.5. The second-order valence-electron chi connectivity index (χ2n) is 16.5. The molecule has 7 rings (SSSR count). The molecule has 6 heteroatoms. The molecule has 1 aromatic heterocycles. The van der Waals surface area contributed by atoms with Crippen LogP contribution in [0.5, 0.6) is 0 Å². The number of nitrogens with one attached hydrogen (secondary N) is 2. The molecule has 0 aromatic carbocycles. The summed E-state index contributed by atoms with van der Waals surface area (Å²) in [6.45, 7) is 20.1. The molecule has 6 nitrogen and oxygen atoms in total. The molecule has 41 heavy (non-hydrogen) atoms. The van der Waals surface area contributed by atoms with E-state index in [2.05, 4.69) is 75.0 Å². The fraction of sp³-hybridized carbons (Fsp3) is 0.800. The van der Waals surface area contributed by atoms with Gasteiger partial charge in [-0.05, 0) is 109 Å². The molecular formula is C35H52N4O2. The standard InChI is InChI=1S/C35H52N4O2/c1-21-8-10-31(3)12-13-33(5)24(27(31)22(21)2)18-25(40)28-32(4)19-23-20-37-38-29(23)35(7,26(32)9-11-34(28,33)6)30(41)39-16-14-36-15-17-39/h18,20-22,26-28,36H,8-17,19H2,1-7H3,(H,37,38)/t21-,22+,26-,27+,28-,31-,32+,33-,34-,35-/m1/s1. The number of ketones is 1. The van der Waals surface area contributed by atoms with Gasteiger partial charge in [-0.2, -0.15) is 5.10 Å². The van der Waals surface area contributed by atoms with E-state index in [1.54, 1.807) is 0 Å². The zero-order valence-electron chi connectivity index (χ0n) is 26.5. The molecule has 0 radical (unpaired) electrons. The largest absolute Gasteiger partial charge is 0.339 e. The lowest BCUT2D eigenvalue weighted by Gasteiger charge is -2.70. The van der Waals surface area contributed by atoms with Gasteiger partial charge in [0.2, 0.25) is 5.91 Å². The van der Waals surface area contributed by atoms with Gasteiger partial charge in [-0.1, -0.05) is 47.1 Å². The summed E-state index contributed by atoms with van der Waals surface area (Å²) in [5.74, 6) is 2.33. The average molecular weight is 561 g/mol. The zero-order chi connectivity index (χ0) is 29.2. The van der Waals surface area contributed by atoms with E-state index in [0.29, 0.717) is 29.0 Å². The lowest BCUT2D eigenvalue weighted by Crippen LogP contribution is -2.68. The maximum atomic E-state index is 14.8. The highest BCUT2D eigenvalue weighted by atomic mass is 16.2. The number of rotatable bonds is 1. The Labute approximate surface area is 246 Å². The first-order chi connectivity index (χ1) is 19.3. The Morgan fingerprint density at radius 3 is 2.46 bits per heavy atom. The summed E-state index contributed by atoms with van der Waals surface area (Å²) in [5, 5.41) is 11.2. The van der Waals surface area contributed by atoms with Crippen LogP contribution in [-0.2, 0) is 21.4 Å². The van der Waals surface area contributed by atoms with Crippen LogP contribution in [0, 0.1) is 51.2 Å². The summed E-state index contributed by atoms with van der Waals surface area (Å²) in [6, 6.07) is 0. The average Bonchev–Trinajstić information content (AvgIpc) is 3.41. The van der Waals surface area contributed by atoms with E-state index < -0.39 is 5.41 Å². The van der Waals surface area contributed by atoms with Gasteiger partial charge in [-0.15, -0.1) is 0 Å². The van der Waals surface area contributed by atoms with Crippen LogP contribution in [0.1, 0.15) is 98.2 Å². The topological polar surface area (TPSA) is 78.1 Å². The highest BCUT2D eigenvalue weighted by Gasteiger charge is 2.71. The third-order valence-corrected chi connectivity index (χ3v) is 14.8. The third-order valence-electron chi connectivity index (χ3n) is 14.8. The number of fused-ring (bicyclic) bond motifs is 8. The number of hydrogen-bond acceptors (Lipinski definition) is 4. The SMILES string of the molecule is C[C@H]1[C@H](C)CC[C@]2(C)CC[C@]3(C)C(=CC(=O)[C@@H]4[C@@]5(C)Cc6cn[nH]c6[C@](C)(C(=O)N6CCNCC6)[C@@H]5CC[C@]43C)[C@H]12. The molecule has 1 saturated heterocycles. The van der Waals surface area contributed by atoms with Crippen LogP contribution in [0.15, 0.2) is 17.8 Å². The lowest BCUT2D eigenvalue weighted by atomic mass is 9.33. The number of nitrogens with zero attached hydrogens (tertiary/aromatic N) is 2. The molecule has 3 saturated carbocycles. The molecule has 2 heterocycles. The van der Waals surface area contributed by atoms with Crippen LogP contribution in [0.25, 0.3) is 0 Å². The summed E-state index contributed by atoms with van der Waals surface area (Å²) < 4.78 is 0. The summed E-state index contributed by atoms with van der Waals surface area (Å²) in [5.41, 5.74) is 2.78. The highest BCUT2D eigenvalue weighted by molar-refractivity contribution is 5.96. The molecule has 224 valence electrons. The van der Waals surface area contributed by atoms with Crippen molar-refractivity contribution < 1.29 is 9.59 Å². The molecule has 1 aliphatic heterocycles. The molecule has 0 spiro atoms. The lowest BCUT2D eigenvalue weighted by molar-refractivity contribution is -0.179. The number of aromatic nitrogens is 2. The quantitative estimate of drug-likeness (QED) is 0.463. The van der Waals surface area contributed by atoms with Crippen LogP contribution in [0.3, 0.4) is 0 Å². The van der Waals surface area contributed by atoms with E-state index >= 15 is 0 Å². The van der Waals surface area contributed by atoms with Crippen LogP contribution in [0.2, 0.25) is 0 Å². The van der Waals surface area contributed by atoms with Gasteiger partial charge in [0.1, 0.15) is 0 Å². The maximum absolute atomic E-state index is 14.8. The molecule has 4 fully saturated rings. The zero-order valence-corrected chi connectivity index (χ0v) is 26.5. The van der Waals surface area contributed by atoms with Crippen molar-refractivity contribution in [2.75, 3.05) is 26.2 Å². The van der Waals surface area contributed by atoms with Gasteiger partial charge in [0.05, 0.1) is 17.3 Å². The minimum absolute atomic E-state index is 0.00464. The van der Waals surface area contributed by atoms with Gasteiger partial charge in [-0.3, -0.25) is 14.7 Å². The van der Waals surface area contributed by atoms with Crippen molar-refractivity contribution in [3.8, 4) is 0 Å². The highest BCUT2D eigenvalue weighted by Crippen LogP contribution is 2.74. The van der Waals surface area contributed by atoms with Crippen molar-refractivity contribution in [3.63, 3.8) is 0 Å². The predicted molar refractivity (Wildman–Crippen MR) is 161 cm³/mol. The molecule has 5 aliphatic carbocycles. The fourth-order valence-electron chi connectivity index (χ4n) is 12.2. The van der Waals surface area contributed by atoms with Crippen molar-refractivity contribution in [2.45, 2.75) is 98.8 Å². The van der Waals surface area contributed by atoms with Crippen molar-refractivity contribution >= 4 is 11.7 Å². The Morgan fingerprint density at radius 2 is 1.73 bits per heavy atom. The number of carbonyl (C=O) groups excluding carboxylic acids is 2. The Bertz CT molecular complexity index is 1310.